The minimum Gasteiger partial charge on any atom is -0.341 e. The maximum atomic E-state index is 12.7. The molecule has 2 aromatic rings. The fourth-order valence-corrected chi connectivity index (χ4v) is 5.20. The van der Waals surface area contributed by atoms with Crippen LogP contribution in [0, 0.1) is 0 Å². The second-order valence-corrected chi connectivity index (χ2v) is 8.74. The highest BCUT2D eigenvalue weighted by atomic mass is 32.1. The number of hydrogen-bond acceptors (Lipinski definition) is 3. The molecule has 1 aromatic heterocycles. The number of nitrogens with zero attached hydrogens (tertiary/aromatic N) is 2. The van der Waals surface area contributed by atoms with Crippen molar-refractivity contribution < 1.29 is 4.79 Å². The molecule has 1 aromatic carbocycles. The van der Waals surface area contributed by atoms with E-state index in [1.807, 2.05) is 11.9 Å². The molecular formula is C22H28N2OS. The monoisotopic (exact) mass is 368 g/mol. The quantitative estimate of drug-likeness (QED) is 0.802. The lowest BCUT2D eigenvalue weighted by Gasteiger charge is -2.40. The molecule has 0 unspecified atom stereocenters. The zero-order chi connectivity index (χ0) is 17.9. The lowest BCUT2D eigenvalue weighted by atomic mass is 10.0. The van der Waals surface area contributed by atoms with Gasteiger partial charge in [-0.15, -0.1) is 11.3 Å². The predicted octanol–water partition coefficient (Wildman–Crippen LogP) is 3.77. The van der Waals surface area contributed by atoms with E-state index in [0.29, 0.717) is 24.4 Å². The van der Waals surface area contributed by atoms with Crippen LogP contribution in [0.4, 0.5) is 0 Å². The highest BCUT2D eigenvalue weighted by Gasteiger charge is 2.32. The lowest BCUT2D eigenvalue weighted by molar-refractivity contribution is -0.133. The van der Waals surface area contributed by atoms with Crippen molar-refractivity contribution >= 4 is 17.2 Å². The topological polar surface area (TPSA) is 23.6 Å². The van der Waals surface area contributed by atoms with Crippen LogP contribution >= 0.6 is 11.3 Å². The van der Waals surface area contributed by atoms with Gasteiger partial charge >= 0.3 is 0 Å². The number of rotatable bonds is 5. The molecule has 2 aliphatic rings. The number of likely N-dealkylation sites (tertiary alicyclic amines) is 1. The fraction of sp³-hybridized carbons (Fsp3) is 0.500. The van der Waals surface area contributed by atoms with Gasteiger partial charge in [-0.3, -0.25) is 9.69 Å². The molecule has 2 heterocycles. The summed E-state index contributed by atoms with van der Waals surface area (Å²) >= 11 is 1.74. The Labute approximate surface area is 160 Å². The highest BCUT2D eigenvalue weighted by molar-refractivity contribution is 7.09. The van der Waals surface area contributed by atoms with Gasteiger partial charge in [-0.05, 0) is 61.2 Å². The van der Waals surface area contributed by atoms with Gasteiger partial charge in [-0.2, -0.15) is 0 Å². The van der Waals surface area contributed by atoms with Gasteiger partial charge in [0, 0.05) is 37.0 Å². The Morgan fingerprint density at radius 1 is 1.19 bits per heavy atom. The molecule has 1 atom stereocenters. The third kappa shape index (κ3) is 3.86. The van der Waals surface area contributed by atoms with Crippen LogP contribution in [0.3, 0.4) is 0 Å². The van der Waals surface area contributed by atoms with Crippen LogP contribution in [0.1, 0.15) is 35.3 Å². The Morgan fingerprint density at radius 2 is 1.96 bits per heavy atom. The molecular weight excluding hydrogens is 340 g/mol. The van der Waals surface area contributed by atoms with E-state index in [4.69, 9.17) is 0 Å². The van der Waals surface area contributed by atoms with Crippen LogP contribution in [-0.4, -0.2) is 47.9 Å². The summed E-state index contributed by atoms with van der Waals surface area (Å²) in [7, 11) is 2.01. The van der Waals surface area contributed by atoms with Crippen LogP contribution in [-0.2, 0) is 24.1 Å². The molecule has 1 amide bonds. The third-order valence-corrected chi connectivity index (χ3v) is 7.02. The largest absolute Gasteiger partial charge is 0.341 e. The number of aryl methyl sites for hydroxylation is 1. The van der Waals surface area contributed by atoms with Crippen LogP contribution < -0.4 is 0 Å². The van der Waals surface area contributed by atoms with Gasteiger partial charge in [0.05, 0.1) is 0 Å². The number of fused-ring (bicyclic) bond motifs is 1. The Morgan fingerprint density at radius 3 is 2.65 bits per heavy atom. The molecule has 3 nitrogen and oxygen atoms in total. The van der Waals surface area contributed by atoms with Crippen molar-refractivity contribution in [1.29, 1.82) is 0 Å². The number of benzene rings is 1. The molecule has 0 spiro atoms. The summed E-state index contributed by atoms with van der Waals surface area (Å²) in [6.07, 6.45) is 6.16. The normalized spacial score (nSPS) is 20.9. The zero-order valence-electron chi connectivity index (χ0n) is 15.6. The molecule has 4 rings (SSSR count). The molecule has 1 aliphatic carbocycles. The van der Waals surface area contributed by atoms with Gasteiger partial charge in [0.25, 0.3) is 0 Å². The summed E-state index contributed by atoms with van der Waals surface area (Å²) in [6.45, 7) is 2.20. The number of carbonyl (C=O) groups is 1. The van der Waals surface area contributed by atoms with Crippen molar-refractivity contribution in [2.75, 3.05) is 20.1 Å². The van der Waals surface area contributed by atoms with E-state index < -0.39 is 0 Å². The van der Waals surface area contributed by atoms with Gasteiger partial charge in [0.2, 0.25) is 5.91 Å². The average molecular weight is 369 g/mol. The second kappa shape index (κ2) is 7.93. The van der Waals surface area contributed by atoms with E-state index in [2.05, 4.69) is 46.7 Å². The Bertz CT molecular complexity index is 717. The van der Waals surface area contributed by atoms with Crippen LogP contribution in [0.2, 0.25) is 0 Å². The smallest absolute Gasteiger partial charge is 0.222 e. The summed E-state index contributed by atoms with van der Waals surface area (Å²) in [5.41, 5.74) is 3.03. The van der Waals surface area contributed by atoms with Gasteiger partial charge in [0.15, 0.2) is 0 Å². The Balaban J connectivity index is 1.32. The van der Waals surface area contributed by atoms with Gasteiger partial charge in [-0.25, -0.2) is 0 Å². The van der Waals surface area contributed by atoms with Crippen molar-refractivity contribution in [2.24, 2.45) is 0 Å². The standard InChI is InChI=1S/C22H28N2OS/c1-23(22(25)11-10-21-9-5-13-26-21)19-8-4-12-24(16-19)20-14-17-6-2-3-7-18(17)15-20/h2-3,5-7,9,13,19-20H,4,8,10-12,14-16H2,1H3/t19-/m1/s1. The Kier molecular flexibility index (Phi) is 5.41. The lowest BCUT2D eigenvalue weighted by Crippen LogP contribution is -2.51. The molecule has 4 heteroatoms. The van der Waals surface area contributed by atoms with Crippen molar-refractivity contribution in [3.05, 3.63) is 57.8 Å². The number of hydrogen-bond donors (Lipinski definition) is 0. The second-order valence-electron chi connectivity index (χ2n) is 7.71. The first-order valence-corrected chi connectivity index (χ1v) is 10.7. The van der Waals surface area contributed by atoms with E-state index in [0.717, 1.165) is 19.4 Å². The minimum atomic E-state index is 0.292. The highest BCUT2D eigenvalue weighted by Crippen LogP contribution is 2.28. The number of piperidine rings is 1. The molecule has 26 heavy (non-hydrogen) atoms. The number of amides is 1. The average Bonchev–Trinajstić information content (AvgIpc) is 3.35. The van der Waals surface area contributed by atoms with E-state index in [-0.39, 0.29) is 0 Å². The number of carbonyl (C=O) groups excluding carboxylic acids is 1. The molecule has 1 saturated heterocycles. The van der Waals surface area contributed by atoms with E-state index in [1.165, 1.54) is 41.8 Å². The van der Waals surface area contributed by atoms with E-state index in [9.17, 15) is 4.79 Å². The summed E-state index contributed by atoms with van der Waals surface area (Å²) in [6, 6.07) is 14.0. The van der Waals surface area contributed by atoms with E-state index >= 15 is 0 Å². The fourth-order valence-electron chi connectivity index (χ4n) is 4.49. The molecule has 1 fully saturated rings. The van der Waals surface area contributed by atoms with Crippen molar-refractivity contribution in [2.45, 2.75) is 50.6 Å². The van der Waals surface area contributed by atoms with Crippen LogP contribution in [0.5, 0.6) is 0 Å². The molecule has 0 N–H and O–H groups in total. The number of thiophene rings is 1. The van der Waals surface area contributed by atoms with Gasteiger partial charge < -0.3 is 4.90 Å². The summed E-state index contributed by atoms with van der Waals surface area (Å²) in [5, 5.41) is 2.09. The van der Waals surface area contributed by atoms with Gasteiger partial charge in [0.1, 0.15) is 0 Å². The summed E-state index contributed by atoms with van der Waals surface area (Å²) in [5.74, 6) is 0.292. The Hall–Kier alpha value is -1.65. The number of likely N-dealkylation sites (N-methyl/N-ethyl adjacent to an activating group) is 1. The van der Waals surface area contributed by atoms with Gasteiger partial charge in [-0.1, -0.05) is 30.3 Å². The minimum absolute atomic E-state index is 0.292. The maximum absolute atomic E-state index is 12.7. The SMILES string of the molecule is CN(C(=O)CCc1cccs1)[C@@H]1CCCN(C2Cc3ccccc3C2)C1. The molecule has 0 bridgehead atoms. The van der Waals surface area contributed by atoms with Crippen molar-refractivity contribution in [3.8, 4) is 0 Å². The van der Waals surface area contributed by atoms with E-state index in [1.54, 1.807) is 11.3 Å². The predicted molar refractivity (Wildman–Crippen MR) is 108 cm³/mol. The maximum Gasteiger partial charge on any atom is 0.222 e. The molecule has 1 aliphatic heterocycles. The molecule has 0 radical (unpaired) electrons. The summed E-state index contributed by atoms with van der Waals surface area (Å²) in [4.78, 5) is 18.6. The first kappa shape index (κ1) is 17.7. The van der Waals surface area contributed by atoms with Crippen LogP contribution in [0.25, 0.3) is 0 Å². The summed E-state index contributed by atoms with van der Waals surface area (Å²) < 4.78 is 0. The third-order valence-electron chi connectivity index (χ3n) is 6.08. The van der Waals surface area contributed by atoms with Crippen LogP contribution in [0.15, 0.2) is 41.8 Å². The van der Waals surface area contributed by atoms with Crippen molar-refractivity contribution in [1.82, 2.24) is 9.80 Å². The first-order valence-electron chi connectivity index (χ1n) is 9.79. The van der Waals surface area contributed by atoms with Crippen molar-refractivity contribution in [3.63, 3.8) is 0 Å². The molecule has 0 saturated carbocycles. The zero-order valence-corrected chi connectivity index (χ0v) is 16.4. The molecule has 138 valence electrons. The first-order chi connectivity index (χ1) is 12.7.